The number of halogens is 2. The Morgan fingerprint density at radius 1 is 1.39 bits per heavy atom. The molecule has 0 aliphatic carbocycles. The van der Waals surface area contributed by atoms with Crippen molar-refractivity contribution in [1.29, 1.82) is 0 Å². The summed E-state index contributed by atoms with van der Waals surface area (Å²) in [6, 6.07) is 2.88. The van der Waals surface area contributed by atoms with Crippen LogP contribution in [0.4, 0.5) is 14.5 Å². The molecule has 1 aromatic carbocycles. The maximum Gasteiger partial charge on any atom is 0.305 e. The Kier molecular flexibility index (Phi) is 4.92. The second-order valence-electron chi connectivity index (χ2n) is 5.40. The zero-order valence-electron chi connectivity index (χ0n) is 12.5. The van der Waals surface area contributed by atoms with Gasteiger partial charge in [-0.1, -0.05) is 0 Å². The Labute approximate surface area is 131 Å². The van der Waals surface area contributed by atoms with Crippen molar-refractivity contribution in [3.8, 4) is 0 Å². The summed E-state index contributed by atoms with van der Waals surface area (Å²) < 4.78 is 26.7. The first-order chi connectivity index (χ1) is 10.8. The van der Waals surface area contributed by atoms with Crippen molar-refractivity contribution in [2.75, 3.05) is 25.0 Å². The second-order valence-corrected chi connectivity index (χ2v) is 5.40. The van der Waals surface area contributed by atoms with Gasteiger partial charge in [-0.2, -0.15) is 0 Å². The average Bonchev–Trinajstić information content (AvgIpc) is 2.85. The smallest absolute Gasteiger partial charge is 0.305 e. The summed E-state index contributed by atoms with van der Waals surface area (Å²) in [5.74, 6) is -4.12. The number of hydrogen-bond acceptors (Lipinski definition) is 3. The SMILES string of the molecule is CN(CCC(=O)O)C(=O)C1CC(=O)N(c2ccc(F)cc2F)C1. The highest BCUT2D eigenvalue weighted by Gasteiger charge is 2.37. The van der Waals surface area contributed by atoms with Crippen LogP contribution in [0.1, 0.15) is 12.8 Å². The first-order valence-electron chi connectivity index (χ1n) is 7.01. The van der Waals surface area contributed by atoms with Gasteiger partial charge in [-0.05, 0) is 12.1 Å². The molecule has 1 aliphatic heterocycles. The highest BCUT2D eigenvalue weighted by Crippen LogP contribution is 2.28. The Morgan fingerprint density at radius 3 is 2.70 bits per heavy atom. The van der Waals surface area contributed by atoms with E-state index in [0.29, 0.717) is 6.07 Å². The summed E-state index contributed by atoms with van der Waals surface area (Å²) >= 11 is 0. The van der Waals surface area contributed by atoms with Gasteiger partial charge in [0.05, 0.1) is 18.0 Å². The third kappa shape index (κ3) is 3.82. The van der Waals surface area contributed by atoms with E-state index in [0.717, 1.165) is 17.0 Å². The summed E-state index contributed by atoms with van der Waals surface area (Å²) in [4.78, 5) is 37.1. The van der Waals surface area contributed by atoms with Crippen molar-refractivity contribution in [2.24, 2.45) is 5.92 Å². The summed E-state index contributed by atoms with van der Waals surface area (Å²) in [5, 5.41) is 8.62. The number of amides is 2. The molecule has 23 heavy (non-hydrogen) atoms. The first-order valence-corrected chi connectivity index (χ1v) is 7.01. The Hall–Kier alpha value is -2.51. The quantitative estimate of drug-likeness (QED) is 0.883. The van der Waals surface area contributed by atoms with E-state index >= 15 is 0 Å². The molecule has 1 saturated heterocycles. The monoisotopic (exact) mass is 326 g/mol. The van der Waals surface area contributed by atoms with Gasteiger partial charge in [0.25, 0.3) is 0 Å². The Morgan fingerprint density at radius 2 is 2.09 bits per heavy atom. The highest BCUT2D eigenvalue weighted by molar-refractivity contribution is 6.00. The van der Waals surface area contributed by atoms with Crippen molar-refractivity contribution < 1.29 is 28.3 Å². The number of carboxylic acid groups (broad SMARTS) is 1. The molecule has 2 rings (SSSR count). The van der Waals surface area contributed by atoms with Crippen molar-refractivity contribution in [2.45, 2.75) is 12.8 Å². The van der Waals surface area contributed by atoms with Crippen molar-refractivity contribution in [3.63, 3.8) is 0 Å². The highest BCUT2D eigenvalue weighted by atomic mass is 19.1. The van der Waals surface area contributed by atoms with E-state index in [2.05, 4.69) is 0 Å². The van der Waals surface area contributed by atoms with Crippen LogP contribution >= 0.6 is 0 Å². The van der Waals surface area contributed by atoms with Crippen LogP contribution in [-0.2, 0) is 14.4 Å². The molecule has 0 aromatic heterocycles. The molecule has 6 nitrogen and oxygen atoms in total. The number of aliphatic carboxylic acids is 1. The number of carboxylic acids is 1. The standard InChI is InChI=1S/C15H16F2N2O4/c1-18(5-4-14(21)22)15(23)9-6-13(20)19(8-9)12-3-2-10(16)7-11(12)17/h2-3,7,9H,4-6,8H2,1H3,(H,21,22). The van der Waals surface area contributed by atoms with Gasteiger partial charge in [-0.25, -0.2) is 8.78 Å². The Balaban J connectivity index is 2.07. The number of carbonyl (C=O) groups is 3. The van der Waals surface area contributed by atoms with Crippen LogP contribution in [0.25, 0.3) is 0 Å². The van der Waals surface area contributed by atoms with Gasteiger partial charge >= 0.3 is 5.97 Å². The fourth-order valence-corrected chi connectivity index (χ4v) is 2.49. The van der Waals surface area contributed by atoms with Crippen LogP contribution in [-0.4, -0.2) is 47.9 Å². The molecule has 1 fully saturated rings. The fourth-order valence-electron chi connectivity index (χ4n) is 2.49. The lowest BCUT2D eigenvalue weighted by Gasteiger charge is -2.21. The maximum atomic E-state index is 13.8. The third-order valence-corrected chi connectivity index (χ3v) is 3.71. The number of benzene rings is 1. The van der Waals surface area contributed by atoms with Gasteiger partial charge in [0.1, 0.15) is 11.6 Å². The summed E-state index contributed by atoms with van der Waals surface area (Å²) in [6.45, 7) is 0.0153. The minimum Gasteiger partial charge on any atom is -0.481 e. The lowest BCUT2D eigenvalue weighted by molar-refractivity contribution is -0.139. The number of nitrogens with zero attached hydrogens (tertiary/aromatic N) is 2. The van der Waals surface area contributed by atoms with Crippen molar-refractivity contribution in [1.82, 2.24) is 4.90 Å². The van der Waals surface area contributed by atoms with Crippen LogP contribution in [0.2, 0.25) is 0 Å². The first kappa shape index (κ1) is 16.9. The fraction of sp³-hybridized carbons (Fsp3) is 0.400. The number of hydrogen-bond donors (Lipinski definition) is 1. The molecule has 1 atom stereocenters. The number of anilines is 1. The second kappa shape index (κ2) is 6.72. The van der Waals surface area contributed by atoms with E-state index < -0.39 is 29.4 Å². The lowest BCUT2D eigenvalue weighted by Crippen LogP contribution is -2.36. The summed E-state index contributed by atoms with van der Waals surface area (Å²) in [5.41, 5.74) is -0.0695. The minimum absolute atomic E-state index is 0.0162. The molecular weight excluding hydrogens is 310 g/mol. The van der Waals surface area contributed by atoms with Crippen molar-refractivity contribution in [3.05, 3.63) is 29.8 Å². The molecule has 1 aliphatic rings. The van der Waals surface area contributed by atoms with Gasteiger partial charge in [-0.3, -0.25) is 14.4 Å². The van der Waals surface area contributed by atoms with E-state index in [4.69, 9.17) is 5.11 Å². The van der Waals surface area contributed by atoms with Gasteiger partial charge in [0.2, 0.25) is 11.8 Å². The Bertz CT molecular complexity index is 650. The van der Waals surface area contributed by atoms with Gasteiger partial charge in [-0.15, -0.1) is 0 Å². The van der Waals surface area contributed by atoms with Gasteiger partial charge < -0.3 is 14.9 Å². The van der Waals surface area contributed by atoms with E-state index in [1.54, 1.807) is 0 Å². The topological polar surface area (TPSA) is 77.9 Å². The molecule has 0 bridgehead atoms. The third-order valence-electron chi connectivity index (χ3n) is 3.71. The van der Waals surface area contributed by atoms with Crippen LogP contribution in [0.5, 0.6) is 0 Å². The molecule has 0 radical (unpaired) electrons. The maximum absolute atomic E-state index is 13.8. The number of carbonyl (C=O) groups excluding carboxylic acids is 2. The molecule has 1 unspecified atom stereocenters. The molecule has 0 spiro atoms. The largest absolute Gasteiger partial charge is 0.481 e. The summed E-state index contributed by atoms with van der Waals surface area (Å²) in [6.07, 6.45) is -0.285. The molecular formula is C15H16F2N2O4. The summed E-state index contributed by atoms with van der Waals surface area (Å²) in [7, 11) is 1.46. The predicted molar refractivity (Wildman–Crippen MR) is 76.7 cm³/mol. The lowest BCUT2D eigenvalue weighted by atomic mass is 10.1. The molecule has 8 heteroatoms. The molecule has 0 saturated carbocycles. The predicted octanol–water partition coefficient (Wildman–Crippen LogP) is 1.25. The van der Waals surface area contributed by atoms with Crippen LogP contribution < -0.4 is 4.90 Å². The van der Waals surface area contributed by atoms with E-state index in [-0.39, 0.29) is 37.5 Å². The van der Waals surface area contributed by atoms with Crippen LogP contribution in [0.15, 0.2) is 18.2 Å². The molecule has 1 N–H and O–H groups in total. The minimum atomic E-state index is -1.03. The van der Waals surface area contributed by atoms with Gasteiger partial charge in [0.15, 0.2) is 0 Å². The van der Waals surface area contributed by atoms with E-state index in [1.807, 2.05) is 0 Å². The molecule has 1 aromatic rings. The number of rotatable bonds is 5. The van der Waals surface area contributed by atoms with E-state index in [1.165, 1.54) is 11.9 Å². The zero-order chi connectivity index (χ0) is 17.1. The zero-order valence-corrected chi connectivity index (χ0v) is 12.5. The molecule has 2 amide bonds. The van der Waals surface area contributed by atoms with Gasteiger partial charge in [0, 0.05) is 32.6 Å². The normalized spacial score (nSPS) is 17.4. The van der Waals surface area contributed by atoms with Crippen molar-refractivity contribution >= 4 is 23.5 Å². The van der Waals surface area contributed by atoms with E-state index in [9.17, 15) is 23.2 Å². The molecule has 124 valence electrons. The average molecular weight is 326 g/mol. The van der Waals surface area contributed by atoms with Crippen LogP contribution in [0.3, 0.4) is 0 Å². The molecule has 1 heterocycles. The van der Waals surface area contributed by atoms with Crippen LogP contribution in [0, 0.1) is 17.6 Å².